The van der Waals surface area contributed by atoms with Gasteiger partial charge in [-0.05, 0) is 18.2 Å². The zero-order valence-corrected chi connectivity index (χ0v) is 12.1. The van der Waals surface area contributed by atoms with Crippen molar-refractivity contribution in [1.29, 1.82) is 5.26 Å². The Labute approximate surface area is 126 Å². The van der Waals surface area contributed by atoms with E-state index in [9.17, 15) is 8.42 Å². The molecule has 2 aromatic heterocycles. The largest absolute Gasteiger partial charge is 0.269 e. The number of nitriles is 1. The third kappa shape index (κ3) is 2.07. The smallest absolute Gasteiger partial charge is 0.237 e. The molecule has 0 radical (unpaired) electrons. The fraction of sp³-hybridized carbons (Fsp3) is 0. The maximum absolute atomic E-state index is 12.7. The molecule has 0 saturated carbocycles. The van der Waals surface area contributed by atoms with E-state index >= 15 is 0 Å². The molecule has 1 aromatic carbocycles. The Morgan fingerprint density at radius 3 is 2.57 bits per heavy atom. The molecule has 21 heavy (non-hydrogen) atoms. The Hall–Kier alpha value is -2.36. The van der Waals surface area contributed by atoms with Crippen molar-refractivity contribution in [2.45, 2.75) is 4.90 Å². The maximum atomic E-state index is 12.7. The summed E-state index contributed by atoms with van der Waals surface area (Å²) in [6.07, 6.45) is 2.65. The molecule has 0 atom stereocenters. The topological polar surface area (TPSA) is 75.8 Å². The molecule has 0 spiro atoms. The highest BCUT2D eigenvalue weighted by atomic mass is 35.5. The van der Waals surface area contributed by atoms with E-state index in [1.165, 1.54) is 30.6 Å². The zero-order valence-electron chi connectivity index (χ0n) is 10.6. The standard InChI is InChI=1S/C14H8ClN3O2S/c15-12-6-7-17-14-13(12)10(8-16)9-18(14)21(19,20)11-4-2-1-3-5-11/h1-7,9H. The molecular formula is C14H8ClN3O2S. The van der Waals surface area contributed by atoms with E-state index in [4.69, 9.17) is 16.9 Å². The van der Waals surface area contributed by atoms with Crippen molar-refractivity contribution in [3.63, 3.8) is 0 Å². The second-order valence-corrected chi connectivity index (χ2v) is 6.48. The highest BCUT2D eigenvalue weighted by molar-refractivity contribution is 7.90. The average molecular weight is 318 g/mol. The SMILES string of the molecule is N#Cc1cn(S(=O)(=O)c2ccccc2)c2nccc(Cl)c12. The van der Waals surface area contributed by atoms with E-state index < -0.39 is 10.0 Å². The zero-order chi connectivity index (χ0) is 15.0. The van der Waals surface area contributed by atoms with E-state index in [0.29, 0.717) is 10.4 Å². The summed E-state index contributed by atoms with van der Waals surface area (Å²) < 4.78 is 26.3. The second-order valence-electron chi connectivity index (χ2n) is 4.26. The predicted molar refractivity (Wildman–Crippen MR) is 78.5 cm³/mol. The molecule has 3 aromatic rings. The summed E-state index contributed by atoms with van der Waals surface area (Å²) in [6.45, 7) is 0. The van der Waals surface area contributed by atoms with Crippen LogP contribution in [0.2, 0.25) is 5.02 Å². The third-order valence-electron chi connectivity index (χ3n) is 3.03. The van der Waals surface area contributed by atoms with Gasteiger partial charge in [-0.1, -0.05) is 29.8 Å². The maximum Gasteiger partial charge on any atom is 0.269 e. The van der Waals surface area contributed by atoms with Crippen LogP contribution < -0.4 is 0 Å². The van der Waals surface area contributed by atoms with Gasteiger partial charge in [-0.3, -0.25) is 0 Å². The van der Waals surface area contributed by atoms with Gasteiger partial charge in [0.25, 0.3) is 10.0 Å². The number of fused-ring (bicyclic) bond motifs is 1. The van der Waals surface area contributed by atoms with Crippen LogP contribution in [-0.2, 0) is 10.0 Å². The number of hydrogen-bond donors (Lipinski definition) is 0. The van der Waals surface area contributed by atoms with E-state index in [1.807, 2.05) is 6.07 Å². The quantitative estimate of drug-likeness (QED) is 0.728. The Morgan fingerprint density at radius 1 is 1.19 bits per heavy atom. The van der Waals surface area contributed by atoms with Gasteiger partial charge in [-0.2, -0.15) is 5.26 Å². The first-order valence-corrected chi connectivity index (χ1v) is 7.74. The Kier molecular flexibility index (Phi) is 3.16. The number of aromatic nitrogens is 2. The van der Waals surface area contributed by atoms with Crippen LogP contribution in [0.25, 0.3) is 11.0 Å². The third-order valence-corrected chi connectivity index (χ3v) is 5.00. The first-order valence-electron chi connectivity index (χ1n) is 5.92. The van der Waals surface area contributed by atoms with Crippen LogP contribution in [-0.4, -0.2) is 17.4 Å². The van der Waals surface area contributed by atoms with Gasteiger partial charge >= 0.3 is 0 Å². The molecule has 0 N–H and O–H groups in total. The molecule has 7 heteroatoms. The Balaban J connectivity index is 2.38. The summed E-state index contributed by atoms with van der Waals surface area (Å²) in [5, 5.41) is 9.79. The van der Waals surface area contributed by atoms with Gasteiger partial charge in [0.15, 0.2) is 5.65 Å². The van der Waals surface area contributed by atoms with Gasteiger partial charge in [0.2, 0.25) is 0 Å². The first-order chi connectivity index (χ1) is 10.1. The lowest BCUT2D eigenvalue weighted by Crippen LogP contribution is -2.12. The number of halogens is 1. The summed E-state index contributed by atoms with van der Waals surface area (Å²) >= 11 is 6.05. The molecule has 0 bridgehead atoms. The lowest BCUT2D eigenvalue weighted by Gasteiger charge is -2.06. The number of pyridine rings is 1. The molecule has 0 aliphatic carbocycles. The molecule has 0 amide bonds. The highest BCUT2D eigenvalue weighted by Crippen LogP contribution is 2.29. The summed E-state index contributed by atoms with van der Waals surface area (Å²) in [5.41, 5.74) is 0.311. The lowest BCUT2D eigenvalue weighted by molar-refractivity contribution is 0.588. The molecule has 0 aliphatic rings. The van der Waals surface area contributed by atoms with Crippen LogP contribution in [0.5, 0.6) is 0 Å². The molecule has 5 nitrogen and oxygen atoms in total. The molecule has 0 aliphatic heterocycles. The van der Waals surface area contributed by atoms with Gasteiger partial charge in [0.1, 0.15) is 6.07 Å². The Bertz CT molecular complexity index is 973. The van der Waals surface area contributed by atoms with E-state index in [-0.39, 0.29) is 16.1 Å². The van der Waals surface area contributed by atoms with Crippen LogP contribution in [0, 0.1) is 11.3 Å². The molecule has 104 valence electrons. The van der Waals surface area contributed by atoms with Crippen molar-refractivity contribution in [1.82, 2.24) is 8.96 Å². The highest BCUT2D eigenvalue weighted by Gasteiger charge is 2.23. The minimum Gasteiger partial charge on any atom is -0.237 e. The van der Waals surface area contributed by atoms with Crippen LogP contribution in [0.3, 0.4) is 0 Å². The van der Waals surface area contributed by atoms with Crippen molar-refractivity contribution < 1.29 is 8.42 Å². The lowest BCUT2D eigenvalue weighted by atomic mass is 10.2. The summed E-state index contributed by atoms with van der Waals surface area (Å²) in [5.74, 6) is 0. The van der Waals surface area contributed by atoms with Gasteiger partial charge in [0.05, 0.1) is 20.9 Å². The second kappa shape index (κ2) is 4.88. The number of benzene rings is 1. The van der Waals surface area contributed by atoms with Crippen molar-refractivity contribution in [2.24, 2.45) is 0 Å². The summed E-state index contributed by atoms with van der Waals surface area (Å²) in [7, 11) is -3.83. The van der Waals surface area contributed by atoms with Crippen molar-refractivity contribution >= 4 is 32.7 Å². The Morgan fingerprint density at radius 2 is 1.90 bits per heavy atom. The normalized spacial score (nSPS) is 11.4. The van der Waals surface area contributed by atoms with Crippen molar-refractivity contribution in [3.8, 4) is 6.07 Å². The van der Waals surface area contributed by atoms with E-state index in [2.05, 4.69) is 4.98 Å². The van der Waals surface area contributed by atoms with Crippen molar-refractivity contribution in [2.75, 3.05) is 0 Å². The monoisotopic (exact) mass is 317 g/mol. The van der Waals surface area contributed by atoms with Gasteiger partial charge in [-0.15, -0.1) is 0 Å². The van der Waals surface area contributed by atoms with Crippen LogP contribution >= 0.6 is 11.6 Å². The fourth-order valence-electron chi connectivity index (χ4n) is 2.06. The molecule has 0 saturated heterocycles. The molecule has 0 fully saturated rings. The van der Waals surface area contributed by atoms with Gasteiger partial charge in [-0.25, -0.2) is 17.4 Å². The van der Waals surface area contributed by atoms with E-state index in [0.717, 1.165) is 3.97 Å². The predicted octanol–water partition coefficient (Wildman–Crippen LogP) is 2.80. The number of nitrogens with zero attached hydrogens (tertiary/aromatic N) is 3. The average Bonchev–Trinajstić information content (AvgIpc) is 2.89. The summed E-state index contributed by atoms with van der Waals surface area (Å²) in [4.78, 5) is 4.17. The van der Waals surface area contributed by atoms with Crippen LogP contribution in [0.1, 0.15) is 5.56 Å². The van der Waals surface area contributed by atoms with Gasteiger partial charge in [0, 0.05) is 12.4 Å². The molecule has 2 heterocycles. The molecular weight excluding hydrogens is 310 g/mol. The molecule has 3 rings (SSSR count). The first kappa shape index (κ1) is 13.6. The van der Waals surface area contributed by atoms with Crippen LogP contribution in [0.15, 0.2) is 53.7 Å². The fourth-order valence-corrected chi connectivity index (χ4v) is 3.64. The summed E-state index contributed by atoms with van der Waals surface area (Å²) in [6, 6.07) is 11.4. The number of rotatable bonds is 2. The van der Waals surface area contributed by atoms with Gasteiger partial charge < -0.3 is 0 Å². The van der Waals surface area contributed by atoms with Crippen molar-refractivity contribution in [3.05, 3.63) is 59.4 Å². The van der Waals surface area contributed by atoms with E-state index in [1.54, 1.807) is 18.2 Å². The minimum absolute atomic E-state index is 0.119. The number of hydrogen-bond acceptors (Lipinski definition) is 4. The molecule has 0 unspecified atom stereocenters. The van der Waals surface area contributed by atoms with Crippen LogP contribution in [0.4, 0.5) is 0 Å². The minimum atomic E-state index is -3.83.